The normalized spacial score (nSPS) is 17.9. The summed E-state index contributed by atoms with van der Waals surface area (Å²) in [7, 11) is 0. The maximum Gasteiger partial charge on any atom is 0.336 e. The van der Waals surface area contributed by atoms with E-state index in [0.717, 1.165) is 16.2 Å². The van der Waals surface area contributed by atoms with Crippen molar-refractivity contribution >= 4 is 63.1 Å². The predicted octanol–water partition coefficient (Wildman–Crippen LogP) is 4.77. The molecule has 156 valence electrons. The monoisotopic (exact) mass is 474 g/mol. The van der Waals surface area contributed by atoms with Crippen LogP contribution in [0.15, 0.2) is 59.6 Å². The van der Waals surface area contributed by atoms with Gasteiger partial charge in [0.2, 0.25) is 0 Å². The molecule has 0 aliphatic carbocycles. The van der Waals surface area contributed by atoms with E-state index >= 15 is 0 Å². The molecule has 4 rings (SSSR count). The van der Waals surface area contributed by atoms with Crippen molar-refractivity contribution in [2.45, 2.75) is 6.04 Å². The summed E-state index contributed by atoms with van der Waals surface area (Å²) in [4.78, 5) is 43.0. The number of carbonyl (C=O) groups is 3. The van der Waals surface area contributed by atoms with E-state index in [2.05, 4.69) is 4.98 Å². The average molecular weight is 475 g/mol. The molecule has 3 aromatic rings. The number of amides is 1. The molecule has 7 nitrogen and oxygen atoms in total. The Morgan fingerprint density at radius 3 is 2.45 bits per heavy atom. The first kappa shape index (κ1) is 21.0. The first-order valence-electron chi connectivity index (χ1n) is 8.79. The first-order valence-corrected chi connectivity index (χ1v) is 10.4. The van der Waals surface area contributed by atoms with Crippen LogP contribution in [0.4, 0.5) is 5.13 Å². The van der Waals surface area contributed by atoms with Gasteiger partial charge in [-0.15, -0.1) is 11.3 Å². The van der Waals surface area contributed by atoms with E-state index < -0.39 is 29.5 Å². The molecule has 2 heterocycles. The van der Waals surface area contributed by atoms with Gasteiger partial charge in [0.15, 0.2) is 5.13 Å². The lowest BCUT2D eigenvalue weighted by atomic mass is 9.92. The Hall–Kier alpha value is -3.20. The number of rotatable bonds is 4. The molecule has 1 fully saturated rings. The van der Waals surface area contributed by atoms with Crippen LogP contribution >= 0.6 is 34.5 Å². The zero-order chi connectivity index (χ0) is 22.3. The molecule has 1 aliphatic rings. The van der Waals surface area contributed by atoms with Crippen LogP contribution < -0.4 is 4.90 Å². The third kappa shape index (κ3) is 3.59. The van der Waals surface area contributed by atoms with Gasteiger partial charge < -0.3 is 10.2 Å². The molecule has 2 N–H and O–H groups in total. The molecule has 1 atom stereocenters. The molecule has 0 spiro atoms. The number of carboxylic acid groups (broad SMARTS) is 1. The van der Waals surface area contributed by atoms with Gasteiger partial charge in [0.25, 0.3) is 5.78 Å². The molecule has 1 aromatic heterocycles. The number of nitrogens with zero attached hydrogens (tertiary/aromatic N) is 2. The largest absolute Gasteiger partial charge is 0.507 e. The number of Topliss-reactive ketones (excluding diaryl/α,β-unsaturated/α-hetero) is 1. The number of ketones is 1. The molecule has 0 bridgehead atoms. The van der Waals surface area contributed by atoms with Gasteiger partial charge in [0.05, 0.1) is 22.2 Å². The van der Waals surface area contributed by atoms with Gasteiger partial charge in [0, 0.05) is 22.2 Å². The third-order valence-electron chi connectivity index (χ3n) is 4.74. The second kappa shape index (κ2) is 8.14. The molecule has 0 saturated carbocycles. The Bertz CT molecular complexity index is 1260. The molecule has 0 radical (unpaired) electrons. The highest BCUT2D eigenvalue weighted by Gasteiger charge is 2.49. The number of carboxylic acids is 1. The lowest BCUT2D eigenvalue weighted by Gasteiger charge is -2.24. The minimum atomic E-state index is -1.25. The van der Waals surface area contributed by atoms with Crippen LogP contribution in [0.5, 0.6) is 0 Å². The fourth-order valence-electron chi connectivity index (χ4n) is 3.42. The predicted molar refractivity (Wildman–Crippen MR) is 117 cm³/mol. The Balaban J connectivity index is 2.02. The molecular weight excluding hydrogens is 463 g/mol. The minimum Gasteiger partial charge on any atom is -0.507 e. The van der Waals surface area contributed by atoms with Gasteiger partial charge in [-0.3, -0.25) is 14.5 Å². The van der Waals surface area contributed by atoms with Crippen LogP contribution in [-0.4, -0.2) is 32.9 Å². The van der Waals surface area contributed by atoms with Crippen molar-refractivity contribution in [1.29, 1.82) is 0 Å². The van der Waals surface area contributed by atoms with E-state index in [1.54, 1.807) is 11.4 Å². The van der Waals surface area contributed by atoms with Crippen LogP contribution in [0.2, 0.25) is 10.0 Å². The number of aliphatic hydroxyl groups excluding tert-OH is 1. The standard InChI is InChI=1S/C21H12Cl2N2O5S/c22-10-5-6-13(14(23)9-10)17(26)15-16(11-3-1-2-4-12(11)20(29)30)25(19(28)18(15)27)21-24-7-8-31-21/h1-9,16,26H,(H,29,30). The summed E-state index contributed by atoms with van der Waals surface area (Å²) in [6, 6.07) is 9.00. The maximum atomic E-state index is 13.0. The number of hydrogen-bond acceptors (Lipinski definition) is 6. The average Bonchev–Trinajstić information content (AvgIpc) is 3.34. The quantitative estimate of drug-likeness (QED) is 0.320. The molecule has 10 heteroatoms. The highest BCUT2D eigenvalue weighted by atomic mass is 35.5. The van der Waals surface area contributed by atoms with Gasteiger partial charge in [-0.05, 0) is 29.8 Å². The van der Waals surface area contributed by atoms with Crippen molar-refractivity contribution in [2.24, 2.45) is 0 Å². The summed E-state index contributed by atoms with van der Waals surface area (Å²) < 4.78 is 0. The van der Waals surface area contributed by atoms with Crippen LogP contribution in [0.25, 0.3) is 5.76 Å². The number of halogens is 2. The van der Waals surface area contributed by atoms with E-state index in [-0.39, 0.29) is 32.4 Å². The molecule has 1 unspecified atom stereocenters. The second-order valence-corrected chi connectivity index (χ2v) is 8.22. The van der Waals surface area contributed by atoms with Crippen molar-refractivity contribution in [3.63, 3.8) is 0 Å². The summed E-state index contributed by atoms with van der Waals surface area (Å²) in [6.45, 7) is 0. The summed E-state index contributed by atoms with van der Waals surface area (Å²) in [5.41, 5.74) is -0.181. The number of aromatic nitrogens is 1. The van der Waals surface area contributed by atoms with Crippen molar-refractivity contribution in [2.75, 3.05) is 4.90 Å². The van der Waals surface area contributed by atoms with Crippen molar-refractivity contribution in [3.8, 4) is 0 Å². The number of anilines is 1. The summed E-state index contributed by atoms with van der Waals surface area (Å²) >= 11 is 13.2. The second-order valence-electron chi connectivity index (χ2n) is 6.50. The smallest absolute Gasteiger partial charge is 0.336 e. The number of aliphatic hydroxyl groups is 1. The van der Waals surface area contributed by atoms with Gasteiger partial charge in [-0.25, -0.2) is 9.78 Å². The van der Waals surface area contributed by atoms with Gasteiger partial charge >= 0.3 is 11.9 Å². The lowest BCUT2D eigenvalue weighted by molar-refractivity contribution is -0.132. The lowest BCUT2D eigenvalue weighted by Crippen LogP contribution is -2.30. The first-order chi connectivity index (χ1) is 14.8. The highest BCUT2D eigenvalue weighted by Crippen LogP contribution is 2.44. The topological polar surface area (TPSA) is 108 Å². The van der Waals surface area contributed by atoms with Crippen molar-refractivity contribution in [1.82, 2.24) is 4.98 Å². The Labute approximate surface area is 189 Å². The van der Waals surface area contributed by atoms with Gasteiger partial charge in [-0.2, -0.15) is 0 Å². The molecule has 1 amide bonds. The number of aromatic carboxylic acids is 1. The number of benzene rings is 2. The zero-order valence-corrected chi connectivity index (χ0v) is 17.8. The third-order valence-corrected chi connectivity index (χ3v) is 6.06. The van der Waals surface area contributed by atoms with Crippen LogP contribution in [0.3, 0.4) is 0 Å². The summed E-state index contributed by atoms with van der Waals surface area (Å²) in [5, 5.41) is 22.9. The zero-order valence-electron chi connectivity index (χ0n) is 15.5. The van der Waals surface area contributed by atoms with Crippen LogP contribution in [-0.2, 0) is 9.59 Å². The fourth-order valence-corrected chi connectivity index (χ4v) is 4.58. The Morgan fingerprint density at radius 2 is 1.81 bits per heavy atom. The molecular formula is C21H12Cl2N2O5S. The maximum absolute atomic E-state index is 13.0. The Kier molecular flexibility index (Phi) is 5.53. The van der Waals surface area contributed by atoms with Crippen molar-refractivity contribution < 1.29 is 24.6 Å². The SMILES string of the molecule is O=C1C(=O)N(c2nccs2)C(c2ccccc2C(=O)O)C1=C(O)c1ccc(Cl)cc1Cl. The van der Waals surface area contributed by atoms with E-state index in [9.17, 15) is 24.6 Å². The summed E-state index contributed by atoms with van der Waals surface area (Å²) in [5.74, 6) is -3.70. The van der Waals surface area contributed by atoms with Gasteiger partial charge in [-0.1, -0.05) is 41.4 Å². The molecule has 2 aromatic carbocycles. The van der Waals surface area contributed by atoms with Crippen LogP contribution in [0.1, 0.15) is 27.5 Å². The number of hydrogen-bond donors (Lipinski definition) is 2. The fraction of sp³-hybridized carbons (Fsp3) is 0.0476. The van der Waals surface area contributed by atoms with E-state index in [0.29, 0.717) is 5.02 Å². The highest BCUT2D eigenvalue weighted by molar-refractivity contribution is 7.14. The van der Waals surface area contributed by atoms with Gasteiger partial charge in [0.1, 0.15) is 5.76 Å². The molecule has 1 saturated heterocycles. The van der Waals surface area contributed by atoms with E-state index in [4.69, 9.17) is 23.2 Å². The molecule has 1 aliphatic heterocycles. The minimum absolute atomic E-state index is 0.0655. The van der Waals surface area contributed by atoms with Crippen molar-refractivity contribution in [3.05, 3.63) is 86.4 Å². The van der Waals surface area contributed by atoms with Crippen LogP contribution in [0, 0.1) is 0 Å². The number of carbonyl (C=O) groups excluding carboxylic acids is 2. The van der Waals surface area contributed by atoms with E-state index in [1.165, 1.54) is 42.6 Å². The van der Waals surface area contributed by atoms with E-state index in [1.807, 2.05) is 0 Å². The Morgan fingerprint density at radius 1 is 1.06 bits per heavy atom. The number of thiazole rings is 1. The molecule has 31 heavy (non-hydrogen) atoms. The summed E-state index contributed by atoms with van der Waals surface area (Å²) in [6.07, 6.45) is 1.45.